The van der Waals surface area contributed by atoms with Crippen molar-refractivity contribution in [3.05, 3.63) is 28.8 Å². The first kappa shape index (κ1) is 14.2. The average molecular weight is 283 g/mol. The maximum Gasteiger partial charge on any atom is 0.339 e. The lowest BCUT2D eigenvalue weighted by Crippen LogP contribution is -2.40. The second-order valence-corrected chi connectivity index (χ2v) is 5.39. The van der Waals surface area contributed by atoms with Gasteiger partial charge >= 0.3 is 5.97 Å². The number of carboxylic acids is 1. The molecule has 0 spiro atoms. The van der Waals surface area contributed by atoms with Gasteiger partial charge in [0.15, 0.2) is 0 Å². The molecule has 1 aliphatic rings. The van der Waals surface area contributed by atoms with Gasteiger partial charge in [-0.3, -0.25) is 0 Å². The average Bonchev–Trinajstić information content (AvgIpc) is 2.37. The molecule has 1 aliphatic heterocycles. The molecule has 1 fully saturated rings. The number of piperidine rings is 1. The number of rotatable bonds is 4. The SMILES string of the molecule is CN1CCCCC1CNc1cccc(Cl)c1C(=O)O. The Hall–Kier alpha value is -1.26. The summed E-state index contributed by atoms with van der Waals surface area (Å²) >= 11 is 5.94. The Morgan fingerprint density at radius 1 is 1.53 bits per heavy atom. The van der Waals surface area contributed by atoms with Crippen molar-refractivity contribution < 1.29 is 9.90 Å². The van der Waals surface area contributed by atoms with Crippen LogP contribution in [-0.2, 0) is 0 Å². The molecule has 1 heterocycles. The molecule has 0 aromatic heterocycles. The van der Waals surface area contributed by atoms with E-state index in [-0.39, 0.29) is 10.6 Å². The number of benzene rings is 1. The smallest absolute Gasteiger partial charge is 0.339 e. The van der Waals surface area contributed by atoms with E-state index in [9.17, 15) is 9.90 Å². The molecule has 0 bridgehead atoms. The normalized spacial score (nSPS) is 20.2. The highest BCUT2D eigenvalue weighted by atomic mass is 35.5. The van der Waals surface area contributed by atoms with Gasteiger partial charge in [-0.2, -0.15) is 0 Å². The molecular formula is C14H19ClN2O2. The zero-order chi connectivity index (χ0) is 13.8. The molecule has 2 N–H and O–H groups in total. The van der Waals surface area contributed by atoms with Crippen LogP contribution in [0.3, 0.4) is 0 Å². The van der Waals surface area contributed by atoms with E-state index in [1.165, 1.54) is 12.8 Å². The maximum absolute atomic E-state index is 11.2. The van der Waals surface area contributed by atoms with E-state index >= 15 is 0 Å². The van der Waals surface area contributed by atoms with Gasteiger partial charge in [-0.25, -0.2) is 4.79 Å². The van der Waals surface area contributed by atoms with Gasteiger partial charge in [0.05, 0.1) is 10.7 Å². The fourth-order valence-corrected chi connectivity index (χ4v) is 2.77. The van der Waals surface area contributed by atoms with Crippen LogP contribution in [0.1, 0.15) is 29.6 Å². The van der Waals surface area contributed by atoms with E-state index in [0.29, 0.717) is 11.7 Å². The summed E-state index contributed by atoms with van der Waals surface area (Å²) in [7, 11) is 2.11. The van der Waals surface area contributed by atoms with E-state index in [0.717, 1.165) is 19.5 Å². The van der Waals surface area contributed by atoms with Crippen molar-refractivity contribution in [3.63, 3.8) is 0 Å². The zero-order valence-corrected chi connectivity index (χ0v) is 11.8. The van der Waals surface area contributed by atoms with Crippen LogP contribution in [0.4, 0.5) is 5.69 Å². The Bertz CT molecular complexity index is 465. The first-order valence-electron chi connectivity index (χ1n) is 6.55. The molecule has 0 radical (unpaired) electrons. The molecule has 1 aromatic rings. The third-order valence-corrected chi connectivity index (χ3v) is 3.99. The summed E-state index contributed by atoms with van der Waals surface area (Å²) in [6.07, 6.45) is 3.62. The second-order valence-electron chi connectivity index (χ2n) is 4.98. The van der Waals surface area contributed by atoms with Gasteiger partial charge in [0, 0.05) is 12.6 Å². The van der Waals surface area contributed by atoms with Gasteiger partial charge in [-0.15, -0.1) is 0 Å². The van der Waals surface area contributed by atoms with E-state index in [1.54, 1.807) is 18.2 Å². The number of likely N-dealkylation sites (N-methyl/N-ethyl adjacent to an activating group) is 1. The van der Waals surface area contributed by atoms with Gasteiger partial charge in [-0.05, 0) is 38.6 Å². The van der Waals surface area contributed by atoms with E-state index in [2.05, 4.69) is 17.3 Å². The van der Waals surface area contributed by atoms with Gasteiger partial charge in [-0.1, -0.05) is 24.1 Å². The predicted octanol–water partition coefficient (Wildman–Crippen LogP) is 2.93. The largest absolute Gasteiger partial charge is 0.478 e. The summed E-state index contributed by atoms with van der Waals surface area (Å²) in [4.78, 5) is 13.5. The van der Waals surface area contributed by atoms with Crippen molar-refractivity contribution in [2.24, 2.45) is 0 Å². The molecule has 19 heavy (non-hydrogen) atoms. The van der Waals surface area contributed by atoms with Crippen LogP contribution < -0.4 is 5.32 Å². The lowest BCUT2D eigenvalue weighted by atomic mass is 10.0. The Morgan fingerprint density at radius 2 is 2.32 bits per heavy atom. The summed E-state index contributed by atoms with van der Waals surface area (Å²) in [6.45, 7) is 1.85. The van der Waals surface area contributed by atoms with Crippen molar-refractivity contribution in [3.8, 4) is 0 Å². The minimum atomic E-state index is -0.995. The van der Waals surface area contributed by atoms with E-state index < -0.39 is 5.97 Å². The van der Waals surface area contributed by atoms with Crippen molar-refractivity contribution in [1.29, 1.82) is 0 Å². The first-order chi connectivity index (χ1) is 9.09. The molecule has 2 rings (SSSR count). The quantitative estimate of drug-likeness (QED) is 0.891. The summed E-state index contributed by atoms with van der Waals surface area (Å²) in [5.74, 6) is -0.995. The molecule has 0 saturated carbocycles. The number of carboxylic acid groups (broad SMARTS) is 1. The van der Waals surface area contributed by atoms with Gasteiger partial charge in [0.2, 0.25) is 0 Å². The summed E-state index contributed by atoms with van der Waals surface area (Å²) in [5.41, 5.74) is 0.751. The Morgan fingerprint density at radius 3 is 3.00 bits per heavy atom. The van der Waals surface area contributed by atoms with Crippen molar-refractivity contribution in [1.82, 2.24) is 4.90 Å². The lowest BCUT2D eigenvalue weighted by Gasteiger charge is -2.32. The fraction of sp³-hybridized carbons (Fsp3) is 0.500. The number of halogens is 1. The minimum Gasteiger partial charge on any atom is -0.478 e. The highest BCUT2D eigenvalue weighted by molar-refractivity contribution is 6.34. The number of aromatic carboxylic acids is 1. The summed E-state index contributed by atoms with van der Waals surface area (Å²) in [5, 5.41) is 12.7. The Kier molecular flexibility index (Phi) is 4.66. The van der Waals surface area contributed by atoms with Crippen molar-refractivity contribution in [2.75, 3.05) is 25.5 Å². The molecule has 1 aromatic carbocycles. The number of hydrogen-bond donors (Lipinski definition) is 2. The molecule has 1 atom stereocenters. The highest BCUT2D eigenvalue weighted by Gasteiger charge is 2.20. The molecule has 1 unspecified atom stereocenters. The van der Waals surface area contributed by atoms with Gasteiger partial charge in [0.25, 0.3) is 0 Å². The summed E-state index contributed by atoms with van der Waals surface area (Å²) < 4.78 is 0. The fourth-order valence-electron chi connectivity index (χ4n) is 2.52. The third kappa shape index (κ3) is 3.39. The Balaban J connectivity index is 2.07. The molecule has 4 nitrogen and oxygen atoms in total. The molecule has 104 valence electrons. The molecule has 0 amide bonds. The molecule has 0 aliphatic carbocycles. The predicted molar refractivity (Wildman–Crippen MR) is 77.2 cm³/mol. The number of carbonyl (C=O) groups is 1. The standard InChI is InChI=1S/C14H19ClN2O2/c1-17-8-3-2-5-10(17)9-16-12-7-4-6-11(15)13(12)14(18)19/h4,6-7,10,16H,2-3,5,8-9H2,1H3,(H,18,19). The van der Waals surface area contributed by atoms with Crippen molar-refractivity contribution in [2.45, 2.75) is 25.3 Å². The number of likely N-dealkylation sites (tertiary alicyclic amines) is 1. The molecular weight excluding hydrogens is 264 g/mol. The molecule has 1 saturated heterocycles. The van der Waals surface area contributed by atoms with Crippen LogP contribution in [0.25, 0.3) is 0 Å². The number of nitrogens with one attached hydrogen (secondary N) is 1. The van der Waals surface area contributed by atoms with Crippen LogP contribution in [0.2, 0.25) is 5.02 Å². The number of anilines is 1. The monoisotopic (exact) mass is 282 g/mol. The minimum absolute atomic E-state index is 0.155. The lowest BCUT2D eigenvalue weighted by molar-refractivity contribution is 0.0698. The summed E-state index contributed by atoms with van der Waals surface area (Å²) in [6, 6.07) is 5.58. The number of nitrogens with zero attached hydrogens (tertiary/aromatic N) is 1. The van der Waals surface area contributed by atoms with Crippen LogP contribution in [-0.4, -0.2) is 42.2 Å². The second kappa shape index (κ2) is 6.26. The zero-order valence-electron chi connectivity index (χ0n) is 11.0. The van der Waals surface area contributed by atoms with Crippen LogP contribution >= 0.6 is 11.6 Å². The van der Waals surface area contributed by atoms with Gasteiger partial charge in [0.1, 0.15) is 5.56 Å². The van der Waals surface area contributed by atoms with Crippen LogP contribution in [0.5, 0.6) is 0 Å². The van der Waals surface area contributed by atoms with Crippen LogP contribution in [0.15, 0.2) is 18.2 Å². The first-order valence-corrected chi connectivity index (χ1v) is 6.93. The molecule has 5 heteroatoms. The van der Waals surface area contributed by atoms with Crippen LogP contribution in [0, 0.1) is 0 Å². The van der Waals surface area contributed by atoms with E-state index in [1.807, 2.05) is 0 Å². The number of hydrogen-bond acceptors (Lipinski definition) is 3. The third-order valence-electron chi connectivity index (χ3n) is 3.68. The van der Waals surface area contributed by atoms with Crippen molar-refractivity contribution >= 4 is 23.3 Å². The topological polar surface area (TPSA) is 52.6 Å². The Labute approximate surface area is 118 Å². The highest BCUT2D eigenvalue weighted by Crippen LogP contribution is 2.25. The maximum atomic E-state index is 11.2. The van der Waals surface area contributed by atoms with E-state index in [4.69, 9.17) is 11.6 Å². The van der Waals surface area contributed by atoms with Gasteiger partial charge < -0.3 is 15.3 Å².